The average molecular weight is 550 g/mol. The average Bonchev–Trinajstić information content (AvgIpc) is 3.26. The number of aliphatic hydroxyl groups excluding tert-OH is 1. The molecule has 0 bridgehead atoms. The highest BCUT2D eigenvalue weighted by atomic mass is 19.4. The van der Waals surface area contributed by atoms with Crippen molar-refractivity contribution in [3.63, 3.8) is 0 Å². The molecule has 5 rings (SSSR count). The molecule has 0 spiro atoms. The number of β-amino-alcohol motifs (C(OH)–C–C–N with tert-alkyl or cyclic N) is 1. The van der Waals surface area contributed by atoms with Gasteiger partial charge in [-0.1, -0.05) is 0 Å². The number of aliphatic hydroxyl groups is 1. The molecule has 1 aliphatic heterocycles. The van der Waals surface area contributed by atoms with Crippen LogP contribution in [-0.2, 0) is 0 Å². The number of aryl methyl sites for hydroxylation is 1. The Morgan fingerprint density at radius 1 is 1.05 bits per heavy atom. The minimum atomic E-state index is -4.31. The van der Waals surface area contributed by atoms with Gasteiger partial charge in [0, 0.05) is 55.8 Å². The molecule has 3 N–H and O–H groups in total. The number of imidazole rings is 1. The van der Waals surface area contributed by atoms with Crippen LogP contribution >= 0.6 is 0 Å². The SMILES string of the molecule is Cc1cc2[nH]c(-c3cncc(-c4cc(F)cc(F)c4)c3N3CC[C@@H](NCCC(F)(F)F)[C@@H](O)C3)nc2cc1F. The number of aromatic nitrogens is 3. The summed E-state index contributed by atoms with van der Waals surface area (Å²) < 4.78 is 80.3. The fourth-order valence-corrected chi connectivity index (χ4v) is 4.93. The van der Waals surface area contributed by atoms with Crippen molar-refractivity contribution in [1.82, 2.24) is 20.3 Å². The van der Waals surface area contributed by atoms with Gasteiger partial charge in [0.1, 0.15) is 23.3 Å². The molecule has 0 saturated carbocycles. The van der Waals surface area contributed by atoms with E-state index in [1.165, 1.54) is 18.5 Å². The smallest absolute Gasteiger partial charge is 0.390 e. The fourth-order valence-electron chi connectivity index (χ4n) is 4.93. The zero-order valence-corrected chi connectivity index (χ0v) is 20.8. The van der Waals surface area contributed by atoms with Gasteiger partial charge in [-0.15, -0.1) is 0 Å². The minimum Gasteiger partial charge on any atom is -0.390 e. The first-order valence-corrected chi connectivity index (χ1v) is 12.3. The standard InChI is InChI=1S/C27H25F6N5O/c1-14-6-22-23(10-20(14)30)37-26(36-22)19-12-34-11-18(15-7-16(28)9-17(29)8-15)25(19)38-5-2-21(24(39)13-38)35-4-3-27(31,32)33/h6-12,21,24,35,39H,2-5,13H2,1H3,(H,36,37)/t21-,24+/m1/s1. The Bertz CT molecular complexity index is 1450. The summed E-state index contributed by atoms with van der Waals surface area (Å²) in [6.45, 7) is 1.64. The van der Waals surface area contributed by atoms with Crippen LogP contribution in [0.4, 0.5) is 32.0 Å². The van der Waals surface area contributed by atoms with E-state index in [1.807, 2.05) is 0 Å². The largest absolute Gasteiger partial charge is 0.390 e. The van der Waals surface area contributed by atoms with Gasteiger partial charge in [0.05, 0.1) is 34.8 Å². The second-order valence-electron chi connectivity index (χ2n) is 9.67. The van der Waals surface area contributed by atoms with Crippen molar-refractivity contribution < 1.29 is 31.4 Å². The molecule has 2 aromatic carbocycles. The van der Waals surface area contributed by atoms with E-state index in [4.69, 9.17) is 0 Å². The van der Waals surface area contributed by atoms with E-state index in [2.05, 4.69) is 20.3 Å². The number of halogens is 6. The quantitative estimate of drug-likeness (QED) is 0.277. The van der Waals surface area contributed by atoms with Crippen LogP contribution in [0.25, 0.3) is 33.5 Å². The molecule has 2 aromatic heterocycles. The van der Waals surface area contributed by atoms with Crippen LogP contribution in [0.3, 0.4) is 0 Å². The number of alkyl halides is 3. The first-order valence-electron chi connectivity index (χ1n) is 12.3. The van der Waals surface area contributed by atoms with E-state index in [9.17, 15) is 31.4 Å². The molecule has 0 radical (unpaired) electrons. The summed E-state index contributed by atoms with van der Waals surface area (Å²) in [7, 11) is 0. The maximum Gasteiger partial charge on any atom is 0.390 e. The molecule has 3 heterocycles. The highest BCUT2D eigenvalue weighted by molar-refractivity contribution is 5.91. The topological polar surface area (TPSA) is 77.1 Å². The molecule has 2 atom stereocenters. The molecule has 12 heteroatoms. The van der Waals surface area contributed by atoms with Gasteiger partial charge < -0.3 is 20.3 Å². The van der Waals surface area contributed by atoms with Crippen molar-refractivity contribution in [3.8, 4) is 22.5 Å². The fraction of sp³-hybridized carbons (Fsp3) is 0.333. The Labute approximate surface area is 219 Å². The number of anilines is 1. The number of aromatic amines is 1. The van der Waals surface area contributed by atoms with E-state index >= 15 is 0 Å². The lowest BCUT2D eigenvalue weighted by molar-refractivity contribution is -0.134. The van der Waals surface area contributed by atoms with Gasteiger partial charge in [0.2, 0.25) is 0 Å². The molecular formula is C27H25F6N5O. The van der Waals surface area contributed by atoms with Crippen LogP contribution in [0.2, 0.25) is 0 Å². The summed E-state index contributed by atoms with van der Waals surface area (Å²) >= 11 is 0. The summed E-state index contributed by atoms with van der Waals surface area (Å²) in [6.07, 6.45) is -3.10. The molecule has 1 fully saturated rings. The molecule has 1 aliphatic rings. The number of nitrogens with zero attached hydrogens (tertiary/aromatic N) is 3. The second-order valence-corrected chi connectivity index (χ2v) is 9.67. The summed E-state index contributed by atoms with van der Waals surface area (Å²) in [5, 5.41) is 13.6. The van der Waals surface area contributed by atoms with Crippen molar-refractivity contribution in [2.75, 3.05) is 24.5 Å². The number of hydrogen-bond donors (Lipinski definition) is 3. The Kier molecular flexibility index (Phi) is 7.25. The van der Waals surface area contributed by atoms with Gasteiger partial charge in [0.15, 0.2) is 0 Å². The molecule has 0 unspecified atom stereocenters. The van der Waals surface area contributed by atoms with E-state index in [0.717, 1.165) is 18.2 Å². The number of piperidine rings is 1. The number of hydrogen-bond acceptors (Lipinski definition) is 5. The van der Waals surface area contributed by atoms with Crippen LogP contribution in [0.1, 0.15) is 18.4 Å². The third-order valence-electron chi connectivity index (χ3n) is 6.82. The van der Waals surface area contributed by atoms with Gasteiger partial charge in [-0.3, -0.25) is 4.98 Å². The molecule has 0 aliphatic carbocycles. The van der Waals surface area contributed by atoms with Crippen molar-refractivity contribution in [3.05, 3.63) is 65.7 Å². The maximum absolute atomic E-state index is 14.2. The zero-order valence-electron chi connectivity index (χ0n) is 20.8. The molecule has 39 heavy (non-hydrogen) atoms. The van der Waals surface area contributed by atoms with E-state index in [0.29, 0.717) is 52.2 Å². The minimum absolute atomic E-state index is 0.0272. The highest BCUT2D eigenvalue weighted by Gasteiger charge is 2.32. The molecule has 1 saturated heterocycles. The number of pyridine rings is 1. The van der Waals surface area contributed by atoms with Crippen molar-refractivity contribution in [2.45, 2.75) is 38.1 Å². The first-order chi connectivity index (χ1) is 18.5. The van der Waals surface area contributed by atoms with Crippen molar-refractivity contribution >= 4 is 16.7 Å². The highest BCUT2D eigenvalue weighted by Crippen LogP contribution is 2.40. The van der Waals surface area contributed by atoms with Gasteiger partial charge in [-0.2, -0.15) is 13.2 Å². The van der Waals surface area contributed by atoms with Gasteiger partial charge >= 0.3 is 6.18 Å². The van der Waals surface area contributed by atoms with E-state index in [1.54, 1.807) is 17.9 Å². The van der Waals surface area contributed by atoms with Gasteiger partial charge in [-0.05, 0) is 42.7 Å². The van der Waals surface area contributed by atoms with Crippen molar-refractivity contribution in [1.29, 1.82) is 0 Å². The Hall–Kier alpha value is -3.64. The molecule has 206 valence electrons. The summed E-state index contributed by atoms with van der Waals surface area (Å²) in [5.74, 6) is -1.67. The number of benzene rings is 2. The number of H-pyrrole nitrogens is 1. The Morgan fingerprint density at radius 2 is 1.77 bits per heavy atom. The number of rotatable bonds is 6. The Balaban J connectivity index is 1.55. The molecule has 6 nitrogen and oxygen atoms in total. The van der Waals surface area contributed by atoms with Crippen LogP contribution < -0.4 is 10.2 Å². The number of nitrogens with one attached hydrogen (secondary N) is 2. The molecular weight excluding hydrogens is 524 g/mol. The lowest BCUT2D eigenvalue weighted by Crippen LogP contribution is -2.53. The number of fused-ring (bicyclic) bond motifs is 1. The van der Waals surface area contributed by atoms with Crippen LogP contribution in [0, 0.1) is 24.4 Å². The lowest BCUT2D eigenvalue weighted by Gasteiger charge is -2.39. The van der Waals surface area contributed by atoms with Crippen molar-refractivity contribution in [2.24, 2.45) is 0 Å². The predicted octanol–water partition coefficient (Wildman–Crippen LogP) is 5.50. The predicted molar refractivity (Wildman–Crippen MR) is 135 cm³/mol. The third-order valence-corrected chi connectivity index (χ3v) is 6.82. The maximum atomic E-state index is 14.2. The summed E-state index contributed by atoms with van der Waals surface area (Å²) in [5.41, 5.74) is 2.85. The third kappa shape index (κ3) is 5.86. The Morgan fingerprint density at radius 3 is 2.46 bits per heavy atom. The monoisotopic (exact) mass is 549 g/mol. The van der Waals surface area contributed by atoms with Crippen LogP contribution in [-0.4, -0.2) is 58.0 Å². The lowest BCUT2D eigenvalue weighted by atomic mass is 9.96. The normalized spacial score (nSPS) is 18.2. The van der Waals surface area contributed by atoms with E-state index in [-0.39, 0.29) is 18.7 Å². The van der Waals surface area contributed by atoms with Gasteiger partial charge in [-0.25, -0.2) is 18.2 Å². The summed E-state index contributed by atoms with van der Waals surface area (Å²) in [6, 6.07) is 5.41. The molecule has 4 aromatic rings. The second kappa shape index (κ2) is 10.5. The zero-order chi connectivity index (χ0) is 27.9. The first kappa shape index (κ1) is 26.9. The van der Waals surface area contributed by atoms with Crippen LogP contribution in [0.15, 0.2) is 42.7 Å². The van der Waals surface area contributed by atoms with Gasteiger partial charge in [0.25, 0.3) is 0 Å². The van der Waals surface area contributed by atoms with E-state index < -0.39 is 42.2 Å². The summed E-state index contributed by atoms with van der Waals surface area (Å²) in [4.78, 5) is 13.7. The van der Waals surface area contributed by atoms with Crippen LogP contribution in [0.5, 0.6) is 0 Å². The molecule has 0 amide bonds.